The number of ether oxygens (including phenoxy) is 1. The fourth-order valence-corrected chi connectivity index (χ4v) is 1.45. The molecule has 0 aliphatic rings. The van der Waals surface area contributed by atoms with Crippen molar-refractivity contribution in [3.05, 3.63) is 0 Å². The lowest BCUT2D eigenvalue weighted by Crippen LogP contribution is -2.41. The van der Waals surface area contributed by atoms with Crippen molar-refractivity contribution in [2.45, 2.75) is 46.6 Å². The minimum Gasteiger partial charge on any atom is -0.381 e. The van der Waals surface area contributed by atoms with Crippen LogP contribution >= 0.6 is 0 Å². The average Bonchev–Trinajstić information content (AvgIpc) is 2.21. The van der Waals surface area contributed by atoms with Gasteiger partial charge in [0.15, 0.2) is 0 Å². The van der Waals surface area contributed by atoms with Crippen LogP contribution in [0.2, 0.25) is 0 Å². The van der Waals surface area contributed by atoms with E-state index in [9.17, 15) is 4.79 Å². The van der Waals surface area contributed by atoms with Gasteiger partial charge in [0.1, 0.15) is 0 Å². The molecule has 4 heteroatoms. The maximum Gasteiger partial charge on any atom is 0.236 e. The van der Waals surface area contributed by atoms with Crippen LogP contribution in [0.4, 0.5) is 0 Å². The zero-order valence-electron chi connectivity index (χ0n) is 11.7. The molecule has 0 aromatic carbocycles. The molecule has 0 bridgehead atoms. The van der Waals surface area contributed by atoms with Crippen LogP contribution in [0.15, 0.2) is 0 Å². The number of nitrogens with one attached hydrogen (secondary N) is 1. The lowest BCUT2D eigenvalue weighted by molar-refractivity contribution is -0.122. The fourth-order valence-electron chi connectivity index (χ4n) is 1.45. The van der Waals surface area contributed by atoms with E-state index in [4.69, 9.17) is 10.5 Å². The van der Waals surface area contributed by atoms with E-state index < -0.39 is 0 Å². The average molecular weight is 244 g/mol. The number of amides is 1. The van der Waals surface area contributed by atoms with Crippen LogP contribution in [0.1, 0.15) is 40.5 Å². The molecule has 0 spiro atoms. The molecule has 0 aromatic heterocycles. The molecule has 17 heavy (non-hydrogen) atoms. The molecule has 0 saturated heterocycles. The molecule has 0 rings (SSSR count). The Morgan fingerprint density at radius 3 is 2.41 bits per heavy atom. The highest BCUT2D eigenvalue weighted by molar-refractivity contribution is 5.81. The molecule has 4 nitrogen and oxygen atoms in total. The van der Waals surface area contributed by atoms with Gasteiger partial charge in [-0.3, -0.25) is 4.79 Å². The van der Waals surface area contributed by atoms with Crippen molar-refractivity contribution in [3.8, 4) is 0 Å². The first-order valence-electron chi connectivity index (χ1n) is 6.54. The Labute approximate surface area is 105 Å². The summed E-state index contributed by atoms with van der Waals surface area (Å²) in [6, 6.07) is -0.383. The molecule has 0 aromatic rings. The van der Waals surface area contributed by atoms with Crippen molar-refractivity contribution >= 4 is 5.91 Å². The van der Waals surface area contributed by atoms with Gasteiger partial charge in [0.25, 0.3) is 0 Å². The predicted octanol–water partition coefficient (Wildman–Crippen LogP) is 1.54. The molecule has 102 valence electrons. The molecule has 1 amide bonds. The predicted molar refractivity (Wildman–Crippen MR) is 70.7 cm³/mol. The minimum atomic E-state index is -0.383. The highest BCUT2D eigenvalue weighted by Gasteiger charge is 2.13. The Balaban J connectivity index is 3.45. The molecule has 0 heterocycles. The van der Waals surface area contributed by atoms with Crippen molar-refractivity contribution in [2.75, 3.05) is 19.8 Å². The van der Waals surface area contributed by atoms with Gasteiger partial charge < -0.3 is 15.8 Å². The van der Waals surface area contributed by atoms with Crippen LogP contribution in [0.5, 0.6) is 0 Å². The third-order valence-electron chi connectivity index (χ3n) is 2.28. The summed E-state index contributed by atoms with van der Waals surface area (Å²) in [5.41, 5.74) is 5.76. The van der Waals surface area contributed by atoms with E-state index in [-0.39, 0.29) is 11.9 Å². The number of carbonyl (C=O) groups excluding carboxylic acids is 1. The number of nitrogens with two attached hydrogens (primary N) is 1. The zero-order chi connectivity index (χ0) is 13.3. The molecule has 1 atom stereocenters. The van der Waals surface area contributed by atoms with Crippen LogP contribution in [0.25, 0.3) is 0 Å². The van der Waals surface area contributed by atoms with E-state index >= 15 is 0 Å². The van der Waals surface area contributed by atoms with Crippen molar-refractivity contribution in [1.82, 2.24) is 5.32 Å². The Morgan fingerprint density at radius 1 is 1.24 bits per heavy atom. The van der Waals surface area contributed by atoms with Gasteiger partial charge in [-0.15, -0.1) is 0 Å². The van der Waals surface area contributed by atoms with E-state index in [1.807, 2.05) is 0 Å². The number of hydrogen-bond donors (Lipinski definition) is 2. The van der Waals surface area contributed by atoms with Crippen LogP contribution in [0, 0.1) is 11.8 Å². The second-order valence-electron chi connectivity index (χ2n) is 5.35. The van der Waals surface area contributed by atoms with Crippen molar-refractivity contribution < 1.29 is 9.53 Å². The highest BCUT2D eigenvalue weighted by atomic mass is 16.5. The largest absolute Gasteiger partial charge is 0.381 e. The summed E-state index contributed by atoms with van der Waals surface area (Å²) in [6.45, 7) is 10.5. The molecule has 0 aliphatic heterocycles. The summed E-state index contributed by atoms with van der Waals surface area (Å²) in [5, 5.41) is 2.83. The van der Waals surface area contributed by atoms with Crippen LogP contribution in [0.3, 0.4) is 0 Å². The molecule has 3 N–H and O–H groups in total. The summed E-state index contributed by atoms with van der Waals surface area (Å²) in [5.74, 6) is 0.955. The summed E-state index contributed by atoms with van der Waals surface area (Å²) in [7, 11) is 0. The van der Waals surface area contributed by atoms with Gasteiger partial charge in [0, 0.05) is 19.8 Å². The maximum atomic E-state index is 11.5. The van der Waals surface area contributed by atoms with Gasteiger partial charge in [0.2, 0.25) is 5.91 Å². The second kappa shape index (κ2) is 9.42. The van der Waals surface area contributed by atoms with E-state index in [1.165, 1.54) is 0 Å². The smallest absolute Gasteiger partial charge is 0.236 e. The molecule has 0 saturated carbocycles. The second-order valence-corrected chi connectivity index (χ2v) is 5.35. The zero-order valence-corrected chi connectivity index (χ0v) is 11.7. The van der Waals surface area contributed by atoms with E-state index in [0.29, 0.717) is 25.0 Å². The molecule has 0 aliphatic carbocycles. The lowest BCUT2D eigenvalue weighted by Gasteiger charge is -2.14. The number of carbonyl (C=O) groups is 1. The van der Waals surface area contributed by atoms with Gasteiger partial charge in [-0.25, -0.2) is 0 Å². The Bertz CT molecular complexity index is 206. The highest BCUT2D eigenvalue weighted by Crippen LogP contribution is 2.02. The van der Waals surface area contributed by atoms with E-state index in [0.717, 1.165) is 19.4 Å². The lowest BCUT2D eigenvalue weighted by atomic mass is 10.0. The van der Waals surface area contributed by atoms with Gasteiger partial charge in [-0.2, -0.15) is 0 Å². The summed E-state index contributed by atoms with van der Waals surface area (Å²) in [6.07, 6.45) is 1.57. The van der Waals surface area contributed by atoms with Crippen molar-refractivity contribution in [1.29, 1.82) is 0 Å². The first kappa shape index (κ1) is 16.4. The molecule has 0 unspecified atom stereocenters. The first-order valence-corrected chi connectivity index (χ1v) is 6.54. The van der Waals surface area contributed by atoms with E-state index in [1.54, 1.807) is 0 Å². The fraction of sp³-hybridized carbons (Fsp3) is 0.923. The Morgan fingerprint density at radius 2 is 1.88 bits per heavy atom. The Kier molecular flexibility index (Phi) is 9.09. The number of hydrogen-bond acceptors (Lipinski definition) is 3. The van der Waals surface area contributed by atoms with E-state index in [2.05, 4.69) is 33.0 Å². The standard InChI is InChI=1S/C13H28N2O2/c1-10(2)8-12(14)13(16)15-6-5-7-17-9-11(3)4/h10-12H,5-9,14H2,1-4H3,(H,15,16)/t12-/m0/s1. The van der Waals surface area contributed by atoms with Gasteiger partial charge in [-0.1, -0.05) is 27.7 Å². The molecular weight excluding hydrogens is 216 g/mol. The summed E-state index contributed by atoms with van der Waals surface area (Å²) < 4.78 is 5.42. The molecular formula is C13H28N2O2. The Hall–Kier alpha value is -0.610. The monoisotopic (exact) mass is 244 g/mol. The topological polar surface area (TPSA) is 64.3 Å². The van der Waals surface area contributed by atoms with Gasteiger partial charge >= 0.3 is 0 Å². The van der Waals surface area contributed by atoms with Gasteiger partial charge in [-0.05, 0) is 24.7 Å². The first-order chi connectivity index (χ1) is 7.93. The summed E-state index contributed by atoms with van der Waals surface area (Å²) >= 11 is 0. The van der Waals surface area contributed by atoms with Crippen LogP contribution in [-0.2, 0) is 9.53 Å². The van der Waals surface area contributed by atoms with Gasteiger partial charge in [0.05, 0.1) is 6.04 Å². The maximum absolute atomic E-state index is 11.5. The van der Waals surface area contributed by atoms with Crippen molar-refractivity contribution in [2.24, 2.45) is 17.6 Å². The minimum absolute atomic E-state index is 0.0532. The van der Waals surface area contributed by atoms with Crippen molar-refractivity contribution in [3.63, 3.8) is 0 Å². The number of rotatable bonds is 9. The van der Waals surface area contributed by atoms with Crippen LogP contribution < -0.4 is 11.1 Å². The SMILES string of the molecule is CC(C)COCCCNC(=O)[C@@H](N)CC(C)C. The van der Waals surface area contributed by atoms with Crippen LogP contribution in [-0.4, -0.2) is 31.7 Å². The third kappa shape index (κ3) is 10.3. The third-order valence-corrected chi connectivity index (χ3v) is 2.28. The molecule has 0 fully saturated rings. The quantitative estimate of drug-likeness (QED) is 0.605. The summed E-state index contributed by atoms with van der Waals surface area (Å²) in [4.78, 5) is 11.5. The normalized spacial score (nSPS) is 13.1. The molecule has 0 radical (unpaired) electrons.